The number of imidazole rings is 3. The van der Waals surface area contributed by atoms with Crippen LogP contribution in [0.2, 0.25) is 0 Å². The minimum Gasteiger partial charge on any atom is -0.367 e. The number of thiophene rings is 6. The average Bonchev–Trinajstić information content (AvgIpc) is 1.59. The molecule has 0 amide bonds. The summed E-state index contributed by atoms with van der Waals surface area (Å²) in [7, 11) is 6.27. The molecular formula is C117H72N12Pt3S6. The molecular weight excluding hydrogens is 2350 g/mol. The number of hydrogen-bond acceptors (Lipinski definition) is 12. The van der Waals surface area contributed by atoms with Crippen molar-refractivity contribution < 1.29 is 63.2 Å². The van der Waals surface area contributed by atoms with Crippen molar-refractivity contribution in [1.82, 2.24) is 57.3 Å². The summed E-state index contributed by atoms with van der Waals surface area (Å²) in [6, 6.07) is 138. The van der Waals surface area contributed by atoms with Gasteiger partial charge in [-0.05, 0) is 236 Å². The first-order chi connectivity index (χ1) is 66.6. The number of benzene rings is 12. The van der Waals surface area contributed by atoms with Gasteiger partial charge in [-0.1, -0.05) is 155 Å². The zero-order chi connectivity index (χ0) is 89.7. The zero-order valence-electron chi connectivity index (χ0n) is 73.6. The van der Waals surface area contributed by atoms with E-state index in [0.717, 1.165) is 173 Å². The molecule has 27 aromatic rings. The zero-order valence-corrected chi connectivity index (χ0v) is 85.4. The quantitative estimate of drug-likeness (QED) is 0.0947. The molecule has 666 valence electrons. The second-order valence-corrected chi connectivity index (χ2v) is 38.7. The molecule has 27 rings (SSSR count). The second kappa shape index (κ2) is 37.9. The minimum atomic E-state index is 0. The Morgan fingerprint density at radius 2 is 0.565 bits per heavy atom. The van der Waals surface area contributed by atoms with Crippen molar-refractivity contribution >= 4 is 167 Å². The summed E-state index contributed by atoms with van der Waals surface area (Å²) in [5.41, 5.74) is 30.9. The van der Waals surface area contributed by atoms with E-state index in [1.54, 1.807) is 68.0 Å². The van der Waals surface area contributed by atoms with Crippen LogP contribution in [0.3, 0.4) is 0 Å². The summed E-state index contributed by atoms with van der Waals surface area (Å²) in [6.07, 6.45) is 5.48. The summed E-state index contributed by atoms with van der Waals surface area (Å²) in [5, 5.41) is 19.7. The first-order valence-corrected chi connectivity index (χ1v) is 49.4. The number of rotatable bonds is 15. The smallest absolute Gasteiger partial charge is 0.367 e. The standard InChI is InChI=1S/3C39H24N4S2.3Pt/c1-42-36-23-27(38-11-6-20-45-38)13-16-33(36)41-39(42)28-12-15-30-31-22-26(37-10-5-19-44-37)14-17-34(31)43(35(30)24-28)29-8-4-7-25(21-29)32-9-2-3-18-40-32;1-42-35-17-14-27(38-11-6-20-45-38)23-33(35)41-39(42)28-12-15-30-31-22-26(37-10-5-19-44-37)13-16-34(31)43(36(30)24-28)29-8-4-7-25(21-29)32-9-2-3-18-40-32;1-42-36-23-25(37-11-6-18-44-37)14-16-33(36)41-39(42)26-13-15-31-30-8-2-3-10-34(30)43(35(31)24-26)29-21-27(32-9-4-5-17-40-32)20-28(22-29)38-12-7-19-45-38;;;/h3*2-20,22-23H,1H3;;;/q3*-2;3*+2. The van der Waals surface area contributed by atoms with Gasteiger partial charge in [-0.3, -0.25) is 15.0 Å². The molecule has 0 radical (unpaired) electrons. The van der Waals surface area contributed by atoms with Crippen molar-refractivity contribution in [2.24, 2.45) is 21.1 Å². The van der Waals surface area contributed by atoms with Crippen LogP contribution in [0.15, 0.2) is 378 Å². The van der Waals surface area contributed by atoms with Crippen LogP contribution in [0.1, 0.15) is 0 Å². The van der Waals surface area contributed by atoms with Gasteiger partial charge in [-0.2, -0.15) is 0 Å². The molecule has 0 fully saturated rings. The van der Waals surface area contributed by atoms with Gasteiger partial charge in [0.25, 0.3) is 0 Å². The maximum Gasteiger partial charge on any atom is 2.00 e. The third-order valence-electron chi connectivity index (χ3n) is 25.1. The van der Waals surface area contributed by atoms with E-state index in [4.69, 9.17) is 15.0 Å². The SMILES string of the molecule is Cn1c(-c2[c-]c3c(cc2)c2cc(-c4cccs4)ccc2n3-c2[c-]c(-c3ccccn3)ccc2)nc2cc(-c3cccs3)ccc21.Cn1c(-c2[c-]c3c(cc2)c2cc(-c4cccs4)ccc2n3-c2[c-]c(-c3ccccn3)ccc2)nc2ccc(-c3cccs3)cc21.Cn1c(-c2[c-]c3c(cc2)c2ccccc2n3-c2[c-]c(-c3ccccn3)cc(-c3cccs3)c2)nc2ccc(-c3cccs3)cc21.[Pt+2].[Pt+2].[Pt+2]. The molecule has 12 aromatic carbocycles. The molecule has 0 bridgehead atoms. The van der Waals surface area contributed by atoms with Crippen molar-refractivity contribution in [3.8, 4) is 148 Å². The molecule has 0 saturated carbocycles. The van der Waals surface area contributed by atoms with Gasteiger partial charge in [0, 0.05) is 85.5 Å². The van der Waals surface area contributed by atoms with Crippen LogP contribution in [0.4, 0.5) is 0 Å². The largest absolute Gasteiger partial charge is 2.00 e. The second-order valence-electron chi connectivity index (χ2n) is 33.1. The number of para-hydroxylation sites is 1. The Morgan fingerprint density at radius 1 is 0.217 bits per heavy atom. The van der Waals surface area contributed by atoms with E-state index in [9.17, 15) is 0 Å². The number of fused-ring (bicyclic) bond motifs is 12. The third kappa shape index (κ3) is 16.4. The van der Waals surface area contributed by atoms with Crippen LogP contribution in [0.25, 0.3) is 246 Å². The molecule has 0 atom stereocenters. The topological polar surface area (TPSA) is 107 Å². The average molecular weight is 2420 g/mol. The number of aryl methyl sites for hydroxylation is 3. The summed E-state index contributed by atoms with van der Waals surface area (Å²) in [6.45, 7) is 0. The van der Waals surface area contributed by atoms with Crippen LogP contribution >= 0.6 is 68.0 Å². The number of pyridine rings is 3. The first kappa shape index (κ1) is 89.4. The molecule has 0 aliphatic heterocycles. The normalized spacial score (nSPS) is 11.4. The third-order valence-corrected chi connectivity index (χ3v) is 30.6. The van der Waals surface area contributed by atoms with Gasteiger partial charge in [0.1, 0.15) is 0 Å². The van der Waals surface area contributed by atoms with E-state index in [2.05, 4.69) is 405 Å². The van der Waals surface area contributed by atoms with E-state index < -0.39 is 0 Å². The molecule has 21 heteroatoms. The Morgan fingerprint density at radius 3 is 0.986 bits per heavy atom. The van der Waals surface area contributed by atoms with Crippen LogP contribution in [0.5, 0.6) is 0 Å². The summed E-state index contributed by atoms with van der Waals surface area (Å²) in [4.78, 5) is 36.6. The monoisotopic (exact) mass is 2420 g/mol. The number of nitrogens with zero attached hydrogens (tertiary/aromatic N) is 12. The number of aromatic nitrogens is 12. The Hall–Kier alpha value is -13.8. The fraction of sp³-hybridized carbons (Fsp3) is 0.0256. The Kier molecular flexibility index (Phi) is 24.6. The molecule has 138 heavy (non-hydrogen) atoms. The predicted molar refractivity (Wildman–Crippen MR) is 564 cm³/mol. The van der Waals surface area contributed by atoms with Crippen molar-refractivity contribution in [1.29, 1.82) is 0 Å². The van der Waals surface area contributed by atoms with Crippen molar-refractivity contribution in [3.63, 3.8) is 0 Å². The van der Waals surface area contributed by atoms with Crippen LogP contribution < -0.4 is 0 Å². The Balaban J connectivity index is 0.000000118. The minimum absolute atomic E-state index is 0. The van der Waals surface area contributed by atoms with Gasteiger partial charge in [0.05, 0.1) is 50.6 Å². The van der Waals surface area contributed by atoms with Gasteiger partial charge in [-0.15, -0.1) is 223 Å². The van der Waals surface area contributed by atoms with Crippen molar-refractivity contribution in [2.75, 3.05) is 0 Å². The van der Waals surface area contributed by atoms with E-state index >= 15 is 0 Å². The molecule has 0 spiro atoms. The fourth-order valence-electron chi connectivity index (χ4n) is 18.6. The summed E-state index contributed by atoms with van der Waals surface area (Å²) < 4.78 is 13.4. The maximum absolute atomic E-state index is 5.13. The van der Waals surface area contributed by atoms with E-state index in [1.165, 1.54) is 73.2 Å². The van der Waals surface area contributed by atoms with Crippen molar-refractivity contribution in [3.05, 3.63) is 415 Å². The first-order valence-electron chi connectivity index (χ1n) is 44.1. The molecule has 0 N–H and O–H groups in total. The van der Waals surface area contributed by atoms with E-state index in [-0.39, 0.29) is 63.2 Å². The van der Waals surface area contributed by atoms with Gasteiger partial charge in [-0.25, -0.2) is 0 Å². The molecule has 15 heterocycles. The summed E-state index contributed by atoms with van der Waals surface area (Å²) in [5.74, 6) is 2.66. The number of hydrogen-bond donors (Lipinski definition) is 0. The Labute approximate surface area is 861 Å². The molecule has 0 unspecified atom stereocenters. The molecule has 0 saturated heterocycles. The Bertz CT molecular complexity index is 8920. The predicted octanol–water partition coefficient (Wildman–Crippen LogP) is 31.4. The molecule has 0 aliphatic rings. The molecule has 0 aliphatic carbocycles. The van der Waals surface area contributed by atoms with Crippen LogP contribution in [0, 0.1) is 36.4 Å². The van der Waals surface area contributed by atoms with E-state index in [0.29, 0.717) is 0 Å². The van der Waals surface area contributed by atoms with Gasteiger partial charge < -0.3 is 42.4 Å². The van der Waals surface area contributed by atoms with E-state index in [1.807, 2.05) is 73.2 Å². The van der Waals surface area contributed by atoms with Gasteiger partial charge in [0.15, 0.2) is 0 Å². The maximum atomic E-state index is 5.13. The van der Waals surface area contributed by atoms with Crippen LogP contribution in [-0.2, 0) is 84.3 Å². The van der Waals surface area contributed by atoms with Gasteiger partial charge >= 0.3 is 63.2 Å². The van der Waals surface area contributed by atoms with Crippen LogP contribution in [-0.4, -0.2) is 57.3 Å². The molecule has 12 nitrogen and oxygen atoms in total. The van der Waals surface area contributed by atoms with Crippen molar-refractivity contribution in [2.45, 2.75) is 0 Å². The van der Waals surface area contributed by atoms with Gasteiger partial charge in [0.2, 0.25) is 0 Å². The fourth-order valence-corrected chi connectivity index (χ4v) is 23.0. The summed E-state index contributed by atoms with van der Waals surface area (Å²) >= 11 is 10.5. The molecule has 15 aromatic heterocycles.